The number of rotatable bonds is 5. The van der Waals surface area contributed by atoms with E-state index in [0.29, 0.717) is 26.2 Å². The van der Waals surface area contributed by atoms with Gasteiger partial charge in [0.25, 0.3) is 0 Å². The van der Waals surface area contributed by atoms with Crippen LogP contribution in [0.2, 0.25) is 0 Å². The molecule has 8 nitrogen and oxygen atoms in total. The summed E-state index contributed by atoms with van der Waals surface area (Å²) in [6, 6.07) is 0. The highest BCUT2D eigenvalue weighted by molar-refractivity contribution is 7.88. The van der Waals surface area contributed by atoms with Crippen molar-refractivity contribution in [1.82, 2.24) is 24.7 Å². The Labute approximate surface area is 136 Å². The quantitative estimate of drug-likeness (QED) is 0.716. The maximum absolute atomic E-state index is 12.8. The average Bonchev–Trinajstić information content (AvgIpc) is 3.17. The molecule has 0 unspecified atom stereocenters. The lowest BCUT2D eigenvalue weighted by Gasteiger charge is -2.26. The van der Waals surface area contributed by atoms with Crippen LogP contribution >= 0.6 is 0 Å². The number of carbonyl (C=O) groups excluding carboxylic acids is 1. The van der Waals surface area contributed by atoms with Crippen LogP contribution in [0.3, 0.4) is 0 Å². The minimum atomic E-state index is -3.27. The third kappa shape index (κ3) is 3.00. The molecule has 2 saturated heterocycles. The van der Waals surface area contributed by atoms with Crippen molar-refractivity contribution in [3.63, 3.8) is 0 Å². The van der Waals surface area contributed by atoms with Crippen LogP contribution in [0.15, 0.2) is 12.4 Å². The maximum atomic E-state index is 12.8. The molecule has 1 aromatic heterocycles. The molecule has 2 atom stereocenters. The van der Waals surface area contributed by atoms with Gasteiger partial charge in [0.15, 0.2) is 0 Å². The van der Waals surface area contributed by atoms with Gasteiger partial charge >= 0.3 is 0 Å². The van der Waals surface area contributed by atoms with E-state index in [1.807, 2.05) is 13.1 Å². The summed E-state index contributed by atoms with van der Waals surface area (Å²) >= 11 is 0. The van der Waals surface area contributed by atoms with Crippen LogP contribution in [0.4, 0.5) is 0 Å². The second kappa shape index (κ2) is 5.88. The number of fused-ring (bicyclic) bond motifs is 1. The first-order chi connectivity index (χ1) is 10.8. The van der Waals surface area contributed by atoms with Crippen molar-refractivity contribution in [3.8, 4) is 0 Å². The Morgan fingerprint density at radius 2 is 2.35 bits per heavy atom. The second-order valence-electron chi connectivity index (χ2n) is 6.43. The van der Waals surface area contributed by atoms with Crippen molar-refractivity contribution in [2.45, 2.75) is 20.0 Å². The minimum Gasteiger partial charge on any atom is -0.351 e. The van der Waals surface area contributed by atoms with Crippen LogP contribution in [0.25, 0.3) is 0 Å². The number of aryl methyl sites for hydroxylation is 1. The third-order valence-corrected chi connectivity index (χ3v) is 6.10. The van der Waals surface area contributed by atoms with Crippen molar-refractivity contribution in [2.75, 3.05) is 32.4 Å². The first-order valence-corrected chi connectivity index (χ1v) is 9.65. The van der Waals surface area contributed by atoms with Gasteiger partial charge < -0.3 is 10.6 Å². The largest absolute Gasteiger partial charge is 0.351 e. The van der Waals surface area contributed by atoms with Crippen LogP contribution in [-0.2, 0) is 27.9 Å². The van der Waals surface area contributed by atoms with Gasteiger partial charge in [-0.05, 0) is 6.92 Å². The van der Waals surface area contributed by atoms with E-state index in [2.05, 4.69) is 15.7 Å². The van der Waals surface area contributed by atoms with E-state index in [4.69, 9.17) is 0 Å². The normalized spacial score (nSPS) is 28.0. The smallest absolute Gasteiger partial charge is 0.229 e. The molecule has 128 valence electrons. The van der Waals surface area contributed by atoms with E-state index in [1.165, 1.54) is 10.6 Å². The third-order valence-electron chi connectivity index (χ3n) is 4.88. The van der Waals surface area contributed by atoms with E-state index < -0.39 is 15.4 Å². The number of amides is 1. The number of hydrogen-bond donors (Lipinski definition) is 2. The zero-order valence-electron chi connectivity index (χ0n) is 13.4. The zero-order valence-corrected chi connectivity index (χ0v) is 14.3. The molecule has 2 N–H and O–H groups in total. The van der Waals surface area contributed by atoms with Gasteiger partial charge in [-0.3, -0.25) is 9.48 Å². The number of sulfonamides is 1. The van der Waals surface area contributed by atoms with Crippen LogP contribution in [0.1, 0.15) is 12.5 Å². The summed E-state index contributed by atoms with van der Waals surface area (Å²) in [5.74, 6) is -0.0570. The van der Waals surface area contributed by atoms with Crippen molar-refractivity contribution in [2.24, 2.45) is 11.3 Å². The van der Waals surface area contributed by atoms with E-state index in [1.54, 1.807) is 10.9 Å². The van der Waals surface area contributed by atoms with Crippen molar-refractivity contribution in [1.29, 1.82) is 0 Å². The Kier molecular flexibility index (Phi) is 4.19. The summed E-state index contributed by atoms with van der Waals surface area (Å²) in [7, 11) is -3.27. The first-order valence-electron chi connectivity index (χ1n) is 7.80. The molecule has 0 aliphatic carbocycles. The summed E-state index contributed by atoms with van der Waals surface area (Å²) < 4.78 is 26.8. The van der Waals surface area contributed by atoms with Gasteiger partial charge in [-0.2, -0.15) is 5.10 Å². The summed E-state index contributed by atoms with van der Waals surface area (Å²) in [4.78, 5) is 12.8. The molecule has 3 rings (SSSR count). The van der Waals surface area contributed by atoms with Gasteiger partial charge in [-0.15, -0.1) is 0 Å². The molecule has 2 aliphatic rings. The highest BCUT2D eigenvalue weighted by Gasteiger charge is 2.56. The fraction of sp³-hybridized carbons (Fsp3) is 0.714. The number of carbonyl (C=O) groups is 1. The van der Waals surface area contributed by atoms with Crippen LogP contribution < -0.4 is 10.6 Å². The molecule has 2 aliphatic heterocycles. The molecule has 1 amide bonds. The first kappa shape index (κ1) is 16.4. The van der Waals surface area contributed by atoms with E-state index in [9.17, 15) is 13.2 Å². The summed E-state index contributed by atoms with van der Waals surface area (Å²) in [5.41, 5.74) is 0.279. The van der Waals surface area contributed by atoms with Crippen molar-refractivity contribution < 1.29 is 13.2 Å². The minimum absolute atomic E-state index is 0.0237. The topological polar surface area (TPSA) is 96.3 Å². The van der Waals surface area contributed by atoms with Crippen molar-refractivity contribution in [3.05, 3.63) is 18.0 Å². The zero-order chi connectivity index (χ0) is 16.7. The molecular formula is C14H23N5O3S. The second-order valence-corrected chi connectivity index (χ2v) is 8.41. The summed E-state index contributed by atoms with van der Waals surface area (Å²) in [6.07, 6.45) is 4.84. The molecule has 1 aromatic rings. The molecule has 23 heavy (non-hydrogen) atoms. The molecule has 0 spiro atoms. The Bertz CT molecular complexity index is 701. The molecular weight excluding hydrogens is 318 g/mol. The number of hydrogen-bond acceptors (Lipinski definition) is 5. The standard InChI is InChI=1S/C14H23N5O3S/c1-3-18-7-11(5-17-18)4-16-13(20)14-9-15-6-12(14)8-19(10-14)23(2,21)22/h5,7,12,15H,3-4,6,8-10H2,1-2H3,(H,16,20)/t12-,14-/m1/s1. The van der Waals surface area contributed by atoms with E-state index in [0.717, 1.165) is 12.1 Å². The molecule has 9 heteroatoms. The molecule has 0 saturated carbocycles. The lowest BCUT2D eigenvalue weighted by molar-refractivity contribution is -0.130. The maximum Gasteiger partial charge on any atom is 0.229 e. The van der Waals surface area contributed by atoms with Crippen LogP contribution in [0.5, 0.6) is 0 Å². The van der Waals surface area contributed by atoms with Gasteiger partial charge in [0.1, 0.15) is 0 Å². The fourth-order valence-corrected chi connectivity index (χ4v) is 4.39. The van der Waals surface area contributed by atoms with Crippen molar-refractivity contribution >= 4 is 15.9 Å². The Morgan fingerprint density at radius 1 is 1.57 bits per heavy atom. The van der Waals surface area contributed by atoms with Gasteiger partial charge in [0, 0.05) is 56.9 Å². The fourth-order valence-electron chi connectivity index (χ4n) is 3.48. The predicted octanol–water partition coefficient (Wildman–Crippen LogP) is -1.000. The van der Waals surface area contributed by atoms with Gasteiger partial charge in [0.05, 0.1) is 17.9 Å². The predicted molar refractivity (Wildman–Crippen MR) is 85.0 cm³/mol. The average molecular weight is 341 g/mol. The van der Waals surface area contributed by atoms with E-state index in [-0.39, 0.29) is 18.4 Å². The van der Waals surface area contributed by atoms with E-state index >= 15 is 0 Å². The lowest BCUT2D eigenvalue weighted by atomic mass is 9.80. The SMILES string of the molecule is CCn1cc(CNC(=O)[C@@]23CNC[C@@H]2CN(S(C)(=O)=O)C3)cn1. The molecule has 3 heterocycles. The number of nitrogens with zero attached hydrogens (tertiary/aromatic N) is 3. The van der Waals surface area contributed by atoms with Gasteiger partial charge in [-0.25, -0.2) is 12.7 Å². The van der Waals surface area contributed by atoms with Crippen LogP contribution in [0, 0.1) is 11.3 Å². The highest BCUT2D eigenvalue weighted by Crippen LogP contribution is 2.40. The molecule has 0 aromatic carbocycles. The monoisotopic (exact) mass is 341 g/mol. The van der Waals surface area contributed by atoms with Gasteiger partial charge in [0.2, 0.25) is 15.9 Å². The van der Waals surface area contributed by atoms with Crippen LogP contribution in [-0.4, -0.2) is 60.8 Å². The molecule has 0 bridgehead atoms. The molecule has 2 fully saturated rings. The Hall–Kier alpha value is -1.45. The number of aromatic nitrogens is 2. The Morgan fingerprint density at radius 3 is 3.00 bits per heavy atom. The number of nitrogens with one attached hydrogen (secondary N) is 2. The Balaban J connectivity index is 1.70. The summed E-state index contributed by atoms with van der Waals surface area (Å²) in [5, 5.41) is 10.4. The molecule has 0 radical (unpaired) electrons. The summed E-state index contributed by atoms with van der Waals surface area (Å²) in [6.45, 7) is 5.05. The van der Waals surface area contributed by atoms with Gasteiger partial charge in [-0.1, -0.05) is 0 Å². The highest BCUT2D eigenvalue weighted by atomic mass is 32.2. The lowest BCUT2D eigenvalue weighted by Crippen LogP contribution is -2.47.